The quantitative estimate of drug-likeness (QED) is 0.784. The molecule has 1 aromatic rings. The van der Waals surface area contributed by atoms with E-state index in [9.17, 15) is 0 Å². The molecule has 1 heterocycles. The van der Waals surface area contributed by atoms with E-state index < -0.39 is 0 Å². The fourth-order valence-electron chi connectivity index (χ4n) is 3.36. The number of hydrogen-bond donors (Lipinski definition) is 1. The van der Waals surface area contributed by atoms with E-state index in [1.807, 2.05) is 11.8 Å². The molecular weight excluding hydrogens is 276 g/mol. The number of nitrogens with one attached hydrogen (secondary N) is 1. The molecule has 3 heteroatoms. The smallest absolute Gasteiger partial charge is 0.161 e. The number of nitrogens with zero attached hydrogens (tertiary/aromatic N) is 1. The number of amidine groups is 1. The van der Waals surface area contributed by atoms with Gasteiger partial charge in [-0.25, -0.2) is 0 Å². The topological polar surface area (TPSA) is 24.4 Å². The summed E-state index contributed by atoms with van der Waals surface area (Å²) in [7, 11) is 0. The van der Waals surface area contributed by atoms with Crippen LogP contribution < -0.4 is 5.32 Å². The van der Waals surface area contributed by atoms with E-state index in [-0.39, 0.29) is 5.41 Å². The number of benzene rings is 1. The lowest BCUT2D eigenvalue weighted by molar-refractivity contribution is 0.336. The largest absolute Gasteiger partial charge is 0.335 e. The van der Waals surface area contributed by atoms with E-state index in [1.165, 1.54) is 42.7 Å². The fourth-order valence-corrected chi connectivity index (χ4v) is 4.51. The standard InChI is InChI=1S/C18H26N2S/c1-18(2,3)14-9-5-7-11-16(14)20-17-19-15-10-6-4-8-13(15)12-21-17/h5,7,9,11,13,15H,4,6,8,10,12H2,1-3H3,(H,19,20). The van der Waals surface area contributed by atoms with Crippen LogP contribution in [-0.2, 0) is 5.41 Å². The first-order chi connectivity index (χ1) is 10.0. The summed E-state index contributed by atoms with van der Waals surface area (Å²) in [4.78, 5) is 4.99. The number of aliphatic imine (C=N–C) groups is 1. The van der Waals surface area contributed by atoms with Gasteiger partial charge in [0.05, 0.1) is 6.04 Å². The lowest BCUT2D eigenvalue weighted by atomic mass is 9.85. The van der Waals surface area contributed by atoms with Crippen molar-refractivity contribution >= 4 is 22.6 Å². The fraction of sp³-hybridized carbons (Fsp3) is 0.611. The van der Waals surface area contributed by atoms with Gasteiger partial charge in [-0.05, 0) is 35.8 Å². The maximum Gasteiger partial charge on any atom is 0.161 e. The Balaban J connectivity index is 1.80. The van der Waals surface area contributed by atoms with Gasteiger partial charge < -0.3 is 5.32 Å². The zero-order chi connectivity index (χ0) is 14.9. The SMILES string of the molecule is CC(C)(C)c1ccccc1NC1=NC2CCCCC2CS1. The summed E-state index contributed by atoms with van der Waals surface area (Å²) in [6, 6.07) is 9.19. The van der Waals surface area contributed by atoms with Crippen molar-refractivity contribution in [2.75, 3.05) is 11.1 Å². The van der Waals surface area contributed by atoms with Crippen LogP contribution in [-0.4, -0.2) is 17.0 Å². The van der Waals surface area contributed by atoms with Gasteiger partial charge in [0.1, 0.15) is 0 Å². The second-order valence-corrected chi connectivity index (χ2v) is 8.29. The molecule has 1 aliphatic heterocycles. The molecular formula is C18H26N2S. The average Bonchev–Trinajstić information content (AvgIpc) is 2.46. The molecule has 1 N–H and O–H groups in total. The molecule has 1 saturated carbocycles. The first kappa shape index (κ1) is 15.0. The van der Waals surface area contributed by atoms with Crippen molar-refractivity contribution in [3.63, 3.8) is 0 Å². The zero-order valence-corrected chi connectivity index (χ0v) is 14.2. The third kappa shape index (κ3) is 3.45. The Morgan fingerprint density at radius 3 is 2.71 bits per heavy atom. The second-order valence-electron chi connectivity index (χ2n) is 7.28. The first-order valence-electron chi connectivity index (χ1n) is 8.11. The Bertz CT molecular complexity index is 530. The summed E-state index contributed by atoms with van der Waals surface area (Å²) in [6.07, 6.45) is 5.39. The van der Waals surface area contributed by atoms with Crippen molar-refractivity contribution in [1.29, 1.82) is 0 Å². The summed E-state index contributed by atoms with van der Waals surface area (Å²) in [5, 5.41) is 4.72. The lowest BCUT2D eigenvalue weighted by Crippen LogP contribution is -2.32. The van der Waals surface area contributed by atoms with Crippen LogP contribution >= 0.6 is 11.8 Å². The van der Waals surface area contributed by atoms with Crippen molar-refractivity contribution in [2.24, 2.45) is 10.9 Å². The highest BCUT2D eigenvalue weighted by molar-refractivity contribution is 8.14. The highest BCUT2D eigenvalue weighted by Crippen LogP contribution is 2.35. The van der Waals surface area contributed by atoms with Gasteiger partial charge >= 0.3 is 0 Å². The Hall–Kier alpha value is -0.960. The van der Waals surface area contributed by atoms with Crippen LogP contribution in [0.4, 0.5) is 5.69 Å². The molecule has 2 atom stereocenters. The normalized spacial score (nSPS) is 26.0. The monoisotopic (exact) mass is 302 g/mol. The molecule has 1 aromatic carbocycles. The molecule has 1 aliphatic carbocycles. The number of thioether (sulfide) groups is 1. The average molecular weight is 302 g/mol. The van der Waals surface area contributed by atoms with Crippen LogP contribution in [0.5, 0.6) is 0 Å². The minimum atomic E-state index is 0.150. The Labute approximate surface area is 132 Å². The van der Waals surface area contributed by atoms with Crippen LogP contribution in [0.15, 0.2) is 29.3 Å². The summed E-state index contributed by atoms with van der Waals surface area (Å²) in [5.41, 5.74) is 2.72. The highest BCUT2D eigenvalue weighted by atomic mass is 32.2. The van der Waals surface area contributed by atoms with Crippen LogP contribution in [0.3, 0.4) is 0 Å². The van der Waals surface area contributed by atoms with Gasteiger partial charge in [0.2, 0.25) is 0 Å². The Kier molecular flexibility index (Phi) is 4.30. The predicted molar refractivity (Wildman–Crippen MR) is 94.4 cm³/mol. The number of hydrogen-bond acceptors (Lipinski definition) is 3. The summed E-state index contributed by atoms with van der Waals surface area (Å²) in [5.74, 6) is 2.04. The Morgan fingerprint density at radius 1 is 1.14 bits per heavy atom. The van der Waals surface area contributed by atoms with E-state index in [4.69, 9.17) is 4.99 Å². The Morgan fingerprint density at radius 2 is 1.90 bits per heavy atom. The molecule has 0 radical (unpaired) electrons. The van der Waals surface area contributed by atoms with Crippen molar-refractivity contribution in [3.05, 3.63) is 29.8 Å². The van der Waals surface area contributed by atoms with Crippen LogP contribution in [0.2, 0.25) is 0 Å². The van der Waals surface area contributed by atoms with E-state index in [1.54, 1.807) is 0 Å². The molecule has 0 saturated heterocycles. The van der Waals surface area contributed by atoms with Crippen molar-refractivity contribution < 1.29 is 0 Å². The first-order valence-corrected chi connectivity index (χ1v) is 9.10. The minimum absolute atomic E-state index is 0.150. The molecule has 3 rings (SSSR count). The number of fused-ring (bicyclic) bond motifs is 1. The predicted octanol–water partition coefficient (Wildman–Crippen LogP) is 5.06. The van der Waals surface area contributed by atoms with Gasteiger partial charge in [-0.15, -0.1) is 0 Å². The van der Waals surface area contributed by atoms with Gasteiger partial charge in [-0.1, -0.05) is 63.6 Å². The second kappa shape index (κ2) is 6.04. The van der Waals surface area contributed by atoms with Gasteiger partial charge in [0.15, 0.2) is 5.17 Å². The zero-order valence-electron chi connectivity index (χ0n) is 13.4. The van der Waals surface area contributed by atoms with Gasteiger partial charge in [-0.3, -0.25) is 4.99 Å². The lowest BCUT2D eigenvalue weighted by Gasteiger charge is -2.33. The molecule has 2 unspecified atom stereocenters. The summed E-state index contributed by atoms with van der Waals surface area (Å²) in [6.45, 7) is 6.79. The van der Waals surface area contributed by atoms with Crippen molar-refractivity contribution in [2.45, 2.75) is 57.9 Å². The maximum atomic E-state index is 4.99. The van der Waals surface area contributed by atoms with Gasteiger partial charge in [0, 0.05) is 11.4 Å². The summed E-state index contributed by atoms with van der Waals surface area (Å²) >= 11 is 1.90. The highest BCUT2D eigenvalue weighted by Gasteiger charge is 2.29. The van der Waals surface area contributed by atoms with Crippen LogP contribution in [0.1, 0.15) is 52.0 Å². The molecule has 0 aromatic heterocycles. The number of para-hydroxylation sites is 1. The van der Waals surface area contributed by atoms with Crippen LogP contribution in [0.25, 0.3) is 0 Å². The van der Waals surface area contributed by atoms with Crippen LogP contribution in [0, 0.1) is 5.92 Å². The molecule has 21 heavy (non-hydrogen) atoms. The van der Waals surface area contributed by atoms with Crippen molar-refractivity contribution in [1.82, 2.24) is 0 Å². The summed E-state index contributed by atoms with van der Waals surface area (Å²) < 4.78 is 0. The van der Waals surface area contributed by atoms with Gasteiger partial charge in [0.25, 0.3) is 0 Å². The van der Waals surface area contributed by atoms with E-state index in [0.717, 1.165) is 11.1 Å². The number of rotatable bonds is 1. The number of anilines is 1. The van der Waals surface area contributed by atoms with Gasteiger partial charge in [-0.2, -0.15) is 0 Å². The third-order valence-electron chi connectivity index (χ3n) is 4.56. The molecule has 1 fully saturated rings. The third-order valence-corrected chi connectivity index (χ3v) is 5.64. The van der Waals surface area contributed by atoms with E-state index in [2.05, 4.69) is 50.4 Å². The maximum absolute atomic E-state index is 4.99. The molecule has 0 amide bonds. The molecule has 114 valence electrons. The molecule has 0 spiro atoms. The molecule has 2 nitrogen and oxygen atoms in total. The molecule has 0 bridgehead atoms. The molecule has 2 aliphatic rings. The minimum Gasteiger partial charge on any atom is -0.335 e. The van der Waals surface area contributed by atoms with Crippen molar-refractivity contribution in [3.8, 4) is 0 Å². The van der Waals surface area contributed by atoms with E-state index in [0.29, 0.717) is 6.04 Å². The van der Waals surface area contributed by atoms with E-state index >= 15 is 0 Å².